The van der Waals surface area contributed by atoms with E-state index in [1.54, 1.807) is 71.9 Å². The van der Waals surface area contributed by atoms with E-state index < -0.39 is 88.0 Å². The van der Waals surface area contributed by atoms with Gasteiger partial charge in [-0.1, -0.05) is 69.3 Å². The number of nitrogens with one attached hydrogen (secondary N) is 1. The van der Waals surface area contributed by atoms with Crippen molar-refractivity contribution in [2.24, 2.45) is 22.7 Å². The number of rotatable bonds is 8. The van der Waals surface area contributed by atoms with Crippen LogP contribution in [0, 0.1) is 22.7 Å². The summed E-state index contributed by atoms with van der Waals surface area (Å²) in [5.41, 5.74) is -6.13. The lowest BCUT2D eigenvalue weighted by molar-refractivity contribution is -0.344. The van der Waals surface area contributed by atoms with Gasteiger partial charge in [-0.15, -0.1) is 0 Å². The zero-order chi connectivity index (χ0) is 39.6. The summed E-state index contributed by atoms with van der Waals surface area (Å²) >= 11 is 0. The molecule has 0 radical (unpaired) electrons. The van der Waals surface area contributed by atoms with Gasteiger partial charge in [-0.05, 0) is 63.5 Å². The van der Waals surface area contributed by atoms with Gasteiger partial charge in [0, 0.05) is 30.1 Å². The third-order valence-corrected chi connectivity index (χ3v) is 12.6. The number of ether oxygens (including phenoxy) is 4. The van der Waals surface area contributed by atoms with Gasteiger partial charge < -0.3 is 44.7 Å². The first kappa shape index (κ1) is 40.0. The number of benzene rings is 2. The molecule has 11 unspecified atom stereocenters. The highest BCUT2D eigenvalue weighted by atomic mass is 16.6. The van der Waals surface area contributed by atoms with Crippen LogP contribution in [0.15, 0.2) is 71.8 Å². The van der Waals surface area contributed by atoms with Crippen LogP contribution in [0.1, 0.15) is 90.2 Å². The van der Waals surface area contributed by atoms with Crippen LogP contribution in [0.5, 0.6) is 0 Å². The van der Waals surface area contributed by atoms with Gasteiger partial charge in [0.25, 0.3) is 0 Å². The molecular formula is C42H55NO11. The number of carbonyl (C=O) groups excluding carboxylic acids is 3. The van der Waals surface area contributed by atoms with E-state index in [-0.39, 0.29) is 43.1 Å². The largest absolute Gasteiger partial charge is 0.455 e. The van der Waals surface area contributed by atoms with Gasteiger partial charge in [0.15, 0.2) is 5.78 Å². The molecule has 2 bridgehead atoms. The lowest BCUT2D eigenvalue weighted by atomic mass is 9.44. The minimum absolute atomic E-state index is 0.0549. The smallest absolute Gasteiger partial charge is 0.408 e. The second kappa shape index (κ2) is 14.1. The van der Waals surface area contributed by atoms with Gasteiger partial charge in [-0.25, -0.2) is 9.59 Å². The molecule has 294 valence electrons. The molecule has 1 heterocycles. The number of esters is 1. The topological polar surface area (TPSA) is 181 Å². The molecule has 12 heteroatoms. The van der Waals surface area contributed by atoms with Crippen molar-refractivity contribution in [2.45, 2.75) is 122 Å². The average molecular weight is 750 g/mol. The molecule has 4 aliphatic rings. The Kier molecular flexibility index (Phi) is 10.5. The molecule has 1 saturated heterocycles. The maximum absolute atomic E-state index is 14.7. The van der Waals surface area contributed by atoms with Crippen LogP contribution in [-0.4, -0.2) is 98.8 Å². The summed E-state index contributed by atoms with van der Waals surface area (Å²) in [5.74, 6) is -3.29. The molecular weight excluding hydrogens is 694 g/mol. The first-order valence-corrected chi connectivity index (χ1v) is 18.8. The zero-order valence-electron chi connectivity index (χ0n) is 32.4. The predicted molar refractivity (Wildman–Crippen MR) is 197 cm³/mol. The summed E-state index contributed by atoms with van der Waals surface area (Å²) in [7, 11) is 0. The number of alkyl carbamates (subject to hydrolysis) is 1. The Hall–Kier alpha value is -3.65. The van der Waals surface area contributed by atoms with Crippen LogP contribution < -0.4 is 5.32 Å². The summed E-state index contributed by atoms with van der Waals surface area (Å²) in [5, 5.41) is 52.4. The molecule has 3 fully saturated rings. The number of amides is 1. The standard InChI is InChI=1S/C42H55NO11/c1-23(31(25-15-11-9-12-16-25)43-37(48)54-38(3,4)5)21-51-27-20-42(50)35(53-36(47)26-17-13-10-14-18-26)33-40(8,28(44)19-29-41(33,49)22-52-29)34(46)32(45)30(24(27)2)39(42,6)7/h9-18,23,27-29,31-33,35,44-45,49-50H,19-22H2,1-8H3,(H,43,48). The highest BCUT2D eigenvalue weighted by Crippen LogP contribution is 2.63. The van der Waals surface area contributed by atoms with Crippen LogP contribution in [0.2, 0.25) is 0 Å². The number of hydrogen-bond acceptors (Lipinski definition) is 11. The minimum atomic E-state index is -2.06. The van der Waals surface area contributed by atoms with Crippen LogP contribution in [0.25, 0.3) is 0 Å². The third kappa shape index (κ3) is 6.58. The maximum atomic E-state index is 14.7. The van der Waals surface area contributed by atoms with Crippen LogP contribution in [0.4, 0.5) is 4.79 Å². The number of aliphatic hydroxyl groups excluding tert-OH is 2. The van der Waals surface area contributed by atoms with Gasteiger partial charge in [-0.2, -0.15) is 0 Å². The van der Waals surface area contributed by atoms with Gasteiger partial charge in [0.05, 0.1) is 48.5 Å². The SMILES string of the molecule is CC1=C2C(O)C(=O)C3(C)C(O)CC4OCC4(O)C3C(OC(=O)c3ccccc3)C(O)(CC1OCC(C)C(NC(=O)OC(C)(C)C)c1ccccc1)C2(C)C. The molecule has 54 heavy (non-hydrogen) atoms. The molecule has 1 aliphatic heterocycles. The highest BCUT2D eigenvalue weighted by Gasteiger charge is 2.76. The highest BCUT2D eigenvalue weighted by molar-refractivity contribution is 5.94. The number of fused-ring (bicyclic) bond motifs is 5. The lowest BCUT2D eigenvalue weighted by Crippen LogP contribution is -2.81. The fourth-order valence-electron chi connectivity index (χ4n) is 9.44. The molecule has 2 aromatic rings. The molecule has 11 atom stereocenters. The van der Waals surface area contributed by atoms with Crippen molar-refractivity contribution in [3.63, 3.8) is 0 Å². The first-order valence-electron chi connectivity index (χ1n) is 18.8. The summed E-state index contributed by atoms with van der Waals surface area (Å²) in [6.07, 6.45) is -7.43. The van der Waals surface area contributed by atoms with Gasteiger partial charge in [0.2, 0.25) is 0 Å². The van der Waals surface area contributed by atoms with E-state index in [1.165, 1.54) is 6.92 Å². The Morgan fingerprint density at radius 3 is 2.19 bits per heavy atom. The van der Waals surface area contributed by atoms with E-state index in [1.807, 2.05) is 37.3 Å². The van der Waals surface area contributed by atoms with E-state index >= 15 is 0 Å². The number of ketones is 1. The van der Waals surface area contributed by atoms with Crippen molar-refractivity contribution >= 4 is 17.8 Å². The average Bonchev–Trinajstić information content (AvgIpc) is 3.11. The van der Waals surface area contributed by atoms with Crippen molar-refractivity contribution < 1.29 is 53.8 Å². The Balaban J connectivity index is 1.42. The minimum Gasteiger partial charge on any atom is -0.455 e. The predicted octanol–water partition coefficient (Wildman–Crippen LogP) is 4.44. The van der Waals surface area contributed by atoms with Gasteiger partial charge in [-0.3, -0.25) is 4.79 Å². The number of hydrogen-bond donors (Lipinski definition) is 5. The maximum Gasteiger partial charge on any atom is 0.408 e. The number of aliphatic hydroxyl groups is 4. The van der Waals surface area contributed by atoms with Gasteiger partial charge >= 0.3 is 12.1 Å². The molecule has 0 aromatic heterocycles. The molecule has 2 saturated carbocycles. The Bertz CT molecular complexity index is 1770. The Labute approximate surface area is 316 Å². The van der Waals surface area contributed by atoms with E-state index in [0.29, 0.717) is 5.57 Å². The van der Waals surface area contributed by atoms with Crippen LogP contribution in [0.3, 0.4) is 0 Å². The second-order valence-electron chi connectivity index (χ2n) is 17.4. The summed E-state index contributed by atoms with van der Waals surface area (Å²) in [4.78, 5) is 41.7. The van der Waals surface area contributed by atoms with Crippen molar-refractivity contribution in [1.82, 2.24) is 5.32 Å². The molecule has 6 rings (SSSR count). The summed E-state index contributed by atoms with van der Waals surface area (Å²) in [6.45, 7) is 13.6. The van der Waals surface area contributed by atoms with Crippen LogP contribution in [-0.2, 0) is 23.7 Å². The molecule has 12 nitrogen and oxygen atoms in total. The van der Waals surface area contributed by atoms with Crippen molar-refractivity contribution in [2.75, 3.05) is 13.2 Å². The lowest BCUT2D eigenvalue weighted by Gasteiger charge is -2.67. The summed E-state index contributed by atoms with van der Waals surface area (Å²) < 4.78 is 24.2. The number of Topliss-reactive ketones (excluding diaryl/α,β-unsaturated/α-hetero) is 1. The van der Waals surface area contributed by atoms with Crippen molar-refractivity contribution in [3.8, 4) is 0 Å². The molecule has 0 spiro atoms. The van der Waals surface area contributed by atoms with Gasteiger partial charge in [0.1, 0.15) is 29.0 Å². The molecule has 3 aliphatic carbocycles. The second-order valence-corrected chi connectivity index (χ2v) is 17.4. The monoisotopic (exact) mass is 749 g/mol. The first-order chi connectivity index (χ1) is 25.2. The van der Waals surface area contributed by atoms with Crippen LogP contribution >= 0.6 is 0 Å². The molecule has 2 aromatic carbocycles. The fraction of sp³-hybridized carbons (Fsp3) is 0.595. The van der Waals surface area contributed by atoms with E-state index in [4.69, 9.17) is 18.9 Å². The number of carbonyl (C=O) groups is 3. The van der Waals surface area contributed by atoms with E-state index in [9.17, 15) is 34.8 Å². The molecule has 1 amide bonds. The fourth-order valence-corrected chi connectivity index (χ4v) is 9.44. The Morgan fingerprint density at radius 1 is 1.00 bits per heavy atom. The quantitative estimate of drug-likeness (QED) is 0.190. The normalized spacial score (nSPS) is 35.6. The van der Waals surface area contributed by atoms with Crippen molar-refractivity contribution in [1.29, 1.82) is 0 Å². The van der Waals surface area contributed by atoms with Crippen molar-refractivity contribution in [3.05, 3.63) is 82.9 Å². The van der Waals surface area contributed by atoms with E-state index in [2.05, 4.69) is 5.32 Å². The molecule has 5 N–H and O–H groups in total. The Morgan fingerprint density at radius 2 is 1.61 bits per heavy atom. The zero-order valence-corrected chi connectivity index (χ0v) is 32.4. The third-order valence-electron chi connectivity index (χ3n) is 12.6. The van der Waals surface area contributed by atoms with E-state index in [0.717, 1.165) is 5.56 Å². The summed E-state index contributed by atoms with van der Waals surface area (Å²) in [6, 6.07) is 17.0.